The summed E-state index contributed by atoms with van der Waals surface area (Å²) in [6.07, 6.45) is 0.452. The minimum absolute atomic E-state index is 0.0557. The number of nitrogens with two attached hydrogens (primary N) is 2. The number of hydrazine groups is 1. The second kappa shape index (κ2) is 5.35. The van der Waals surface area contributed by atoms with E-state index in [1.807, 2.05) is 5.43 Å². The van der Waals surface area contributed by atoms with E-state index in [2.05, 4.69) is 4.28 Å². The van der Waals surface area contributed by atoms with Gasteiger partial charge in [-0.1, -0.05) is 0 Å². The lowest BCUT2D eigenvalue weighted by atomic mass is 9.80. The van der Waals surface area contributed by atoms with E-state index >= 15 is 0 Å². The summed E-state index contributed by atoms with van der Waals surface area (Å²) in [5.41, 5.74) is 5.72. The first-order valence-electron chi connectivity index (χ1n) is 7.20. The molecule has 6 N–H and O–H groups in total. The molecule has 12 nitrogen and oxygen atoms in total. The minimum Gasteiger partial charge on any atom is -0.327 e. The SMILES string of the molecule is NNC(=O)C1(C(=O)C2CC2N)CCC2CN1C(=O)N2OS(=O)(=O)O. The number of piperidine rings is 1. The molecule has 1 saturated carbocycles. The van der Waals surface area contributed by atoms with Crippen LogP contribution in [0.4, 0.5) is 4.79 Å². The Balaban J connectivity index is 1.96. The van der Waals surface area contributed by atoms with E-state index in [1.54, 1.807) is 0 Å². The zero-order chi connectivity index (χ0) is 17.9. The molecule has 0 aromatic heterocycles. The second-order valence-electron chi connectivity index (χ2n) is 6.12. The van der Waals surface area contributed by atoms with Gasteiger partial charge in [-0.3, -0.25) is 24.5 Å². The van der Waals surface area contributed by atoms with Crippen molar-refractivity contribution >= 4 is 28.1 Å². The molecule has 4 unspecified atom stereocenters. The van der Waals surface area contributed by atoms with Crippen molar-refractivity contribution in [3.8, 4) is 0 Å². The highest BCUT2D eigenvalue weighted by atomic mass is 32.3. The van der Waals surface area contributed by atoms with Crippen LogP contribution < -0.4 is 17.0 Å². The molecule has 0 spiro atoms. The summed E-state index contributed by atoms with van der Waals surface area (Å²) in [5.74, 6) is 3.23. The predicted molar refractivity (Wildman–Crippen MR) is 75.7 cm³/mol. The quantitative estimate of drug-likeness (QED) is 0.132. The van der Waals surface area contributed by atoms with Crippen LogP contribution in [0.2, 0.25) is 0 Å². The molecule has 2 bridgehead atoms. The summed E-state index contributed by atoms with van der Waals surface area (Å²) in [6.45, 7) is -0.116. The highest BCUT2D eigenvalue weighted by Crippen LogP contribution is 2.43. The molecular formula is C11H17N5O7S. The summed E-state index contributed by atoms with van der Waals surface area (Å²) in [5, 5.41) is 0.459. The number of hydrogen-bond acceptors (Lipinski definition) is 8. The number of carbonyl (C=O) groups is 3. The van der Waals surface area contributed by atoms with Crippen molar-refractivity contribution in [3.05, 3.63) is 0 Å². The molecule has 0 aromatic rings. The molecule has 3 fully saturated rings. The van der Waals surface area contributed by atoms with Crippen molar-refractivity contribution in [2.24, 2.45) is 17.5 Å². The van der Waals surface area contributed by atoms with Gasteiger partial charge in [0.2, 0.25) is 0 Å². The maximum absolute atomic E-state index is 12.8. The molecule has 2 saturated heterocycles. The van der Waals surface area contributed by atoms with E-state index in [9.17, 15) is 22.8 Å². The number of hydroxylamine groups is 2. The molecule has 3 amide bonds. The fourth-order valence-electron chi connectivity index (χ4n) is 3.42. The molecule has 3 aliphatic rings. The minimum atomic E-state index is -4.93. The lowest BCUT2D eigenvalue weighted by molar-refractivity contribution is -0.145. The predicted octanol–water partition coefficient (Wildman–Crippen LogP) is -2.73. The first-order chi connectivity index (χ1) is 11.1. The molecule has 0 aromatic carbocycles. The number of rotatable bonds is 5. The molecule has 3 rings (SSSR count). The van der Waals surface area contributed by atoms with Gasteiger partial charge in [-0.15, -0.1) is 4.28 Å². The Morgan fingerprint density at radius 3 is 2.54 bits per heavy atom. The van der Waals surface area contributed by atoms with Crippen LogP contribution in [-0.4, -0.2) is 64.8 Å². The van der Waals surface area contributed by atoms with Crippen LogP contribution in [0.5, 0.6) is 0 Å². The fourth-order valence-corrected chi connectivity index (χ4v) is 3.81. The topological polar surface area (TPSA) is 185 Å². The maximum Gasteiger partial charge on any atom is 0.418 e. The van der Waals surface area contributed by atoms with Crippen LogP contribution in [0.1, 0.15) is 19.3 Å². The lowest BCUT2D eigenvalue weighted by Crippen LogP contribution is -2.67. The molecule has 24 heavy (non-hydrogen) atoms. The summed E-state index contributed by atoms with van der Waals surface area (Å²) < 4.78 is 34.9. The molecule has 2 aliphatic heterocycles. The van der Waals surface area contributed by atoms with Crippen LogP contribution in [0.3, 0.4) is 0 Å². The Labute approximate surface area is 136 Å². The number of hydrogen-bond donors (Lipinski definition) is 4. The monoisotopic (exact) mass is 363 g/mol. The molecule has 4 atom stereocenters. The standard InChI is InChI=1S/C11H17N5O7S/c12-7-3-6(7)8(17)11(9(18)14-13)2-1-5-4-15(11)10(19)16(5)23-24(20,21)22/h5-7H,1-4,12-13H2,(H,14,18)(H,20,21,22). The van der Waals surface area contributed by atoms with Gasteiger partial charge >= 0.3 is 16.4 Å². The summed E-state index contributed by atoms with van der Waals surface area (Å²) in [4.78, 5) is 38.6. The summed E-state index contributed by atoms with van der Waals surface area (Å²) in [7, 11) is -4.93. The number of amides is 3. The zero-order valence-electron chi connectivity index (χ0n) is 12.4. The van der Waals surface area contributed by atoms with Gasteiger partial charge in [0.25, 0.3) is 5.91 Å². The molecule has 134 valence electrons. The van der Waals surface area contributed by atoms with Crippen molar-refractivity contribution < 1.29 is 31.6 Å². The number of nitrogens with one attached hydrogen (secondary N) is 1. The van der Waals surface area contributed by atoms with Gasteiger partial charge in [-0.05, 0) is 19.3 Å². The first kappa shape index (κ1) is 17.0. The van der Waals surface area contributed by atoms with Crippen LogP contribution in [0.15, 0.2) is 0 Å². The Hall–Kier alpha value is -1.80. The number of nitrogens with zero attached hydrogens (tertiary/aromatic N) is 2. The van der Waals surface area contributed by atoms with Gasteiger partial charge in [0.1, 0.15) is 0 Å². The molecule has 13 heteroatoms. The van der Waals surface area contributed by atoms with E-state index < -0.39 is 45.6 Å². The Bertz CT molecular complexity index is 712. The van der Waals surface area contributed by atoms with Crippen molar-refractivity contribution in [1.29, 1.82) is 0 Å². The highest BCUT2D eigenvalue weighted by Gasteiger charge is 2.64. The van der Waals surface area contributed by atoms with Crippen LogP contribution >= 0.6 is 0 Å². The average Bonchev–Trinajstić information content (AvgIpc) is 3.20. The number of urea groups is 1. The third-order valence-corrected chi connectivity index (χ3v) is 5.06. The first-order valence-corrected chi connectivity index (χ1v) is 8.57. The molecular weight excluding hydrogens is 346 g/mol. The third-order valence-electron chi connectivity index (χ3n) is 4.71. The highest BCUT2D eigenvalue weighted by molar-refractivity contribution is 7.80. The van der Waals surface area contributed by atoms with E-state index in [0.29, 0.717) is 11.5 Å². The molecule has 0 radical (unpaired) electrons. The van der Waals surface area contributed by atoms with Crippen LogP contribution in [-0.2, 0) is 24.3 Å². The normalized spacial score (nSPS) is 35.1. The average molecular weight is 363 g/mol. The van der Waals surface area contributed by atoms with Crippen molar-refractivity contribution in [3.63, 3.8) is 0 Å². The van der Waals surface area contributed by atoms with Gasteiger partial charge in [0.05, 0.1) is 6.04 Å². The van der Waals surface area contributed by atoms with E-state index in [-0.39, 0.29) is 25.4 Å². The third kappa shape index (κ3) is 2.44. The smallest absolute Gasteiger partial charge is 0.327 e. The van der Waals surface area contributed by atoms with Crippen molar-refractivity contribution in [2.75, 3.05) is 6.54 Å². The van der Waals surface area contributed by atoms with Gasteiger partial charge in [-0.25, -0.2) is 10.6 Å². The Morgan fingerprint density at radius 1 is 1.42 bits per heavy atom. The second-order valence-corrected chi connectivity index (χ2v) is 7.12. The number of carbonyl (C=O) groups excluding carboxylic acids is 3. The molecule has 2 heterocycles. The largest absolute Gasteiger partial charge is 0.418 e. The van der Waals surface area contributed by atoms with Gasteiger partial charge in [0, 0.05) is 18.5 Å². The number of Topliss-reactive ketones (excluding diaryl/α,β-unsaturated/α-hetero) is 1. The van der Waals surface area contributed by atoms with Crippen molar-refractivity contribution in [1.82, 2.24) is 15.4 Å². The Kier molecular flexibility index (Phi) is 3.80. The van der Waals surface area contributed by atoms with Crippen LogP contribution in [0.25, 0.3) is 0 Å². The van der Waals surface area contributed by atoms with E-state index in [4.69, 9.17) is 16.1 Å². The Morgan fingerprint density at radius 2 is 2.04 bits per heavy atom. The van der Waals surface area contributed by atoms with Gasteiger partial charge < -0.3 is 5.73 Å². The molecule has 1 aliphatic carbocycles. The van der Waals surface area contributed by atoms with Crippen molar-refractivity contribution in [2.45, 2.75) is 36.9 Å². The number of fused-ring (bicyclic) bond motifs is 2. The maximum atomic E-state index is 12.8. The van der Waals surface area contributed by atoms with E-state index in [0.717, 1.165) is 4.90 Å². The lowest BCUT2D eigenvalue weighted by Gasteiger charge is -2.40. The summed E-state index contributed by atoms with van der Waals surface area (Å²) >= 11 is 0. The van der Waals surface area contributed by atoms with Gasteiger partial charge in [0.15, 0.2) is 11.3 Å². The summed E-state index contributed by atoms with van der Waals surface area (Å²) in [6, 6.07) is -2.12. The zero-order valence-corrected chi connectivity index (χ0v) is 13.2. The van der Waals surface area contributed by atoms with Crippen LogP contribution in [0, 0.1) is 5.92 Å². The number of ketones is 1. The van der Waals surface area contributed by atoms with Gasteiger partial charge in [-0.2, -0.15) is 13.5 Å². The fraction of sp³-hybridized carbons (Fsp3) is 0.727. The van der Waals surface area contributed by atoms with E-state index in [1.165, 1.54) is 0 Å².